The molecule has 0 aliphatic carbocycles. The molecule has 2 aromatic carbocycles. The molecule has 0 aliphatic rings. The average Bonchev–Trinajstić information content (AvgIpc) is 3.38. The average molecular weight is 579 g/mol. The van der Waals surface area contributed by atoms with Crippen molar-refractivity contribution in [3.05, 3.63) is 87.6 Å². The summed E-state index contributed by atoms with van der Waals surface area (Å²) in [5.41, 5.74) is 0.738. The lowest BCUT2D eigenvalue weighted by Crippen LogP contribution is -2.51. The Hall–Kier alpha value is -2.99. The Labute approximate surface area is 231 Å². The minimum absolute atomic E-state index is 0.0110. The predicted octanol–water partition coefficient (Wildman–Crippen LogP) is 4.23. The van der Waals surface area contributed by atoms with Crippen molar-refractivity contribution in [2.45, 2.75) is 57.2 Å². The normalized spacial score (nSPS) is 14.1. The van der Waals surface area contributed by atoms with Gasteiger partial charge < -0.3 is 15.2 Å². The number of aliphatic hydroxyl groups excluding tert-OH is 1. The van der Waals surface area contributed by atoms with Crippen LogP contribution in [0.4, 0.5) is 8.78 Å². The van der Waals surface area contributed by atoms with Crippen molar-refractivity contribution < 1.29 is 31.9 Å². The number of sulfonamides is 1. The molecule has 3 rings (SSSR count). The highest BCUT2D eigenvalue weighted by Crippen LogP contribution is 2.26. The first-order valence-corrected chi connectivity index (χ1v) is 14.7. The van der Waals surface area contributed by atoms with Crippen LogP contribution in [-0.2, 0) is 32.6 Å². The first kappa shape index (κ1) is 30.6. The van der Waals surface area contributed by atoms with Crippen molar-refractivity contribution in [1.82, 2.24) is 9.62 Å². The van der Waals surface area contributed by atoms with E-state index in [1.165, 1.54) is 25.2 Å². The van der Waals surface area contributed by atoms with E-state index in [4.69, 9.17) is 0 Å². The molecule has 0 spiro atoms. The highest BCUT2D eigenvalue weighted by atomic mass is 32.2. The third-order valence-corrected chi connectivity index (χ3v) is 8.95. The maximum Gasteiger partial charge on any atom is 0.246 e. The second-order valence-corrected chi connectivity index (χ2v) is 12.5. The number of benzene rings is 2. The number of amides is 1. The first-order chi connectivity index (χ1) is 18.4. The van der Waals surface area contributed by atoms with Gasteiger partial charge in [-0.2, -0.15) is 4.31 Å². The zero-order chi connectivity index (χ0) is 28.7. The van der Waals surface area contributed by atoms with Crippen LogP contribution < -0.4 is 5.32 Å². The molecule has 0 aliphatic heterocycles. The zero-order valence-corrected chi connectivity index (χ0v) is 23.6. The number of hydrogen-bond donors (Lipinski definition) is 2. The van der Waals surface area contributed by atoms with E-state index in [-0.39, 0.29) is 30.7 Å². The highest BCUT2D eigenvalue weighted by molar-refractivity contribution is 7.89. The summed E-state index contributed by atoms with van der Waals surface area (Å²) < 4.78 is 57.2. The number of thiophene rings is 1. The molecular formula is C28H32F2N2O5S2. The van der Waals surface area contributed by atoms with Crippen LogP contribution in [0.2, 0.25) is 0 Å². The molecule has 1 amide bonds. The van der Waals surface area contributed by atoms with Crippen molar-refractivity contribution in [1.29, 1.82) is 0 Å². The van der Waals surface area contributed by atoms with Crippen molar-refractivity contribution in [3.63, 3.8) is 0 Å². The number of rotatable bonds is 13. The molecule has 0 saturated heterocycles. The third kappa shape index (κ3) is 8.25. The van der Waals surface area contributed by atoms with Crippen LogP contribution in [0.25, 0.3) is 0 Å². The lowest BCUT2D eigenvalue weighted by molar-refractivity contribution is -0.129. The molecule has 0 bridgehead atoms. The summed E-state index contributed by atoms with van der Waals surface area (Å²) in [6, 6.07) is 12.9. The molecule has 0 radical (unpaired) electrons. The summed E-state index contributed by atoms with van der Waals surface area (Å²) in [5.74, 6) is -3.28. The van der Waals surface area contributed by atoms with Gasteiger partial charge in [-0.15, -0.1) is 11.3 Å². The molecule has 1 aromatic heterocycles. The molecular weight excluding hydrogens is 546 g/mol. The smallest absolute Gasteiger partial charge is 0.246 e. The monoisotopic (exact) mass is 578 g/mol. The first-order valence-electron chi connectivity index (χ1n) is 12.4. The van der Waals surface area contributed by atoms with E-state index in [1.54, 1.807) is 48.7 Å². The minimum atomic E-state index is -4.60. The van der Waals surface area contributed by atoms with Gasteiger partial charge in [-0.3, -0.25) is 4.79 Å². The maximum absolute atomic E-state index is 14.8. The molecule has 3 aromatic rings. The summed E-state index contributed by atoms with van der Waals surface area (Å²) >= 11 is 1.27. The summed E-state index contributed by atoms with van der Waals surface area (Å²) in [4.78, 5) is 24.2. The highest BCUT2D eigenvalue weighted by Gasteiger charge is 2.34. The third-order valence-electron chi connectivity index (χ3n) is 6.27. The van der Waals surface area contributed by atoms with Crippen LogP contribution in [0.1, 0.15) is 36.3 Å². The molecule has 39 heavy (non-hydrogen) atoms. The van der Waals surface area contributed by atoms with Crippen LogP contribution in [0, 0.1) is 24.5 Å². The predicted molar refractivity (Wildman–Crippen MR) is 146 cm³/mol. The number of carbonyl (C=O) groups is 2. The molecule has 1 heterocycles. The van der Waals surface area contributed by atoms with E-state index in [0.717, 1.165) is 15.9 Å². The minimum Gasteiger partial charge on any atom is -0.390 e. The van der Waals surface area contributed by atoms with E-state index < -0.39 is 57.1 Å². The number of aryl methyl sites for hydroxylation is 1. The van der Waals surface area contributed by atoms with E-state index in [1.807, 2.05) is 6.07 Å². The number of hydrogen-bond acceptors (Lipinski definition) is 6. The molecule has 11 heteroatoms. The van der Waals surface area contributed by atoms with Gasteiger partial charge in [0.05, 0.1) is 12.1 Å². The molecule has 210 valence electrons. The molecule has 3 atom stereocenters. The lowest BCUT2D eigenvalue weighted by Gasteiger charge is -2.30. The fourth-order valence-corrected chi connectivity index (χ4v) is 6.42. The van der Waals surface area contributed by atoms with Crippen LogP contribution in [0.5, 0.6) is 0 Å². The molecule has 2 N–H and O–H groups in total. The van der Waals surface area contributed by atoms with E-state index in [9.17, 15) is 31.9 Å². The Morgan fingerprint density at radius 3 is 2.38 bits per heavy atom. The Morgan fingerprint density at radius 1 is 1.08 bits per heavy atom. The van der Waals surface area contributed by atoms with E-state index >= 15 is 0 Å². The van der Waals surface area contributed by atoms with Crippen molar-refractivity contribution >= 4 is 33.1 Å². The van der Waals surface area contributed by atoms with E-state index in [0.29, 0.717) is 10.9 Å². The zero-order valence-electron chi connectivity index (χ0n) is 21.9. The number of carbonyl (C=O) groups excluding carboxylic acids is 2. The number of nitrogens with one attached hydrogen (secondary N) is 1. The Bertz CT molecular complexity index is 1380. The van der Waals surface area contributed by atoms with Gasteiger partial charge in [0.15, 0.2) is 0 Å². The number of nitrogens with zero attached hydrogens (tertiary/aromatic N) is 1. The Balaban J connectivity index is 1.95. The molecule has 1 unspecified atom stereocenters. The van der Waals surface area contributed by atoms with Crippen molar-refractivity contribution in [3.8, 4) is 0 Å². The standard InChI is InChI=1S/C28H32F2N2O5S2/c1-18-13-24(30)27(15-23(18)29)39(36,37)32(16-22-10-7-11-38-22)17-26(34)25(14-21-8-5-4-6-9-21)31-28(35)19(2)12-20(3)33/h4-11,13,15,19,25-26,34H,12,14,16-17H2,1-3H3,(H,31,35)/t19?,25-,26+/m0/s1. The van der Waals surface area contributed by atoms with Gasteiger partial charge in [-0.1, -0.05) is 43.3 Å². The number of aliphatic hydroxyl groups is 1. The fourth-order valence-electron chi connectivity index (χ4n) is 4.12. The largest absolute Gasteiger partial charge is 0.390 e. The second-order valence-electron chi connectivity index (χ2n) is 9.59. The molecule has 7 nitrogen and oxygen atoms in total. The quantitative estimate of drug-likeness (QED) is 0.316. The van der Waals surface area contributed by atoms with Gasteiger partial charge in [0, 0.05) is 30.3 Å². The summed E-state index contributed by atoms with van der Waals surface area (Å²) in [6.07, 6.45) is -1.25. The van der Waals surface area contributed by atoms with Gasteiger partial charge in [0.2, 0.25) is 15.9 Å². The summed E-state index contributed by atoms with van der Waals surface area (Å²) in [6.45, 7) is 3.59. The SMILES string of the molecule is CC(=O)CC(C)C(=O)N[C@@H](Cc1ccccc1)[C@H](O)CN(Cc1cccs1)S(=O)(=O)c1cc(F)c(C)cc1F. The van der Waals surface area contributed by atoms with Gasteiger partial charge in [0.1, 0.15) is 22.3 Å². The number of halogens is 2. The Morgan fingerprint density at radius 2 is 1.77 bits per heavy atom. The summed E-state index contributed by atoms with van der Waals surface area (Å²) in [7, 11) is -4.60. The van der Waals surface area contributed by atoms with Gasteiger partial charge >= 0.3 is 0 Å². The molecule has 0 fully saturated rings. The maximum atomic E-state index is 14.8. The van der Waals surface area contributed by atoms with Gasteiger partial charge in [-0.05, 0) is 55.0 Å². The number of Topliss-reactive ketones (excluding diaryl/α,β-unsaturated/α-hetero) is 1. The second kappa shape index (κ2) is 13.4. The fraction of sp³-hybridized carbons (Fsp3) is 0.357. The van der Waals surface area contributed by atoms with Gasteiger partial charge in [0.25, 0.3) is 0 Å². The van der Waals surface area contributed by atoms with Crippen LogP contribution in [0.3, 0.4) is 0 Å². The molecule has 0 saturated carbocycles. The van der Waals surface area contributed by atoms with Crippen LogP contribution >= 0.6 is 11.3 Å². The topological polar surface area (TPSA) is 104 Å². The Kier molecular flexibility index (Phi) is 10.5. The van der Waals surface area contributed by atoms with E-state index in [2.05, 4.69) is 5.32 Å². The van der Waals surface area contributed by atoms with Gasteiger partial charge in [-0.25, -0.2) is 17.2 Å². The van der Waals surface area contributed by atoms with Crippen molar-refractivity contribution in [2.75, 3.05) is 6.54 Å². The summed E-state index contributed by atoms with van der Waals surface area (Å²) in [5, 5.41) is 15.8. The van der Waals surface area contributed by atoms with Crippen LogP contribution in [-0.4, -0.2) is 48.2 Å². The van der Waals surface area contributed by atoms with Crippen LogP contribution in [0.15, 0.2) is 64.9 Å². The van der Waals surface area contributed by atoms with Crippen molar-refractivity contribution in [2.24, 2.45) is 5.92 Å². The number of ketones is 1. The lowest BCUT2D eigenvalue weighted by atomic mass is 9.98.